The van der Waals surface area contributed by atoms with Crippen LogP contribution in [0, 0.1) is 11.8 Å². The molecular weight excluding hydrogens is 356 g/mol. The summed E-state index contributed by atoms with van der Waals surface area (Å²) in [4.78, 5) is 2.61. The molecule has 2 aromatic carbocycles. The molecule has 4 atom stereocenters. The minimum Gasteiger partial charge on any atom is -0.395 e. The van der Waals surface area contributed by atoms with Crippen molar-refractivity contribution in [2.75, 3.05) is 13.2 Å². The van der Waals surface area contributed by atoms with Crippen molar-refractivity contribution in [2.24, 2.45) is 11.8 Å². The maximum absolute atomic E-state index is 9.87. The molecular formula is C26H40N2O. The van der Waals surface area contributed by atoms with Crippen molar-refractivity contribution in [1.82, 2.24) is 10.2 Å². The number of aliphatic hydroxyl groups is 1. The van der Waals surface area contributed by atoms with Gasteiger partial charge in [-0.3, -0.25) is 4.90 Å². The Morgan fingerprint density at radius 1 is 0.793 bits per heavy atom. The summed E-state index contributed by atoms with van der Waals surface area (Å²) in [6, 6.07) is 22.1. The molecule has 2 N–H and O–H groups in total. The van der Waals surface area contributed by atoms with Gasteiger partial charge in [0.05, 0.1) is 6.61 Å². The molecule has 0 saturated carbocycles. The van der Waals surface area contributed by atoms with Gasteiger partial charge >= 0.3 is 0 Å². The number of hydrogen-bond donors (Lipinski definition) is 2. The number of rotatable bonds is 13. The third-order valence-corrected chi connectivity index (χ3v) is 6.34. The van der Waals surface area contributed by atoms with Crippen molar-refractivity contribution >= 4 is 0 Å². The van der Waals surface area contributed by atoms with Crippen LogP contribution in [-0.4, -0.2) is 35.2 Å². The highest BCUT2D eigenvalue weighted by atomic mass is 16.3. The number of nitrogens with zero attached hydrogens (tertiary/aromatic N) is 1. The van der Waals surface area contributed by atoms with Crippen LogP contribution in [0.5, 0.6) is 0 Å². The summed E-state index contributed by atoms with van der Waals surface area (Å²) in [5.74, 6) is 1.03. The van der Waals surface area contributed by atoms with E-state index in [0.717, 1.165) is 32.5 Å². The maximum atomic E-state index is 9.87. The minimum absolute atomic E-state index is 0.154. The lowest BCUT2D eigenvalue weighted by molar-refractivity contribution is 0.112. The van der Waals surface area contributed by atoms with Gasteiger partial charge in [-0.25, -0.2) is 0 Å². The van der Waals surface area contributed by atoms with E-state index >= 15 is 0 Å². The Bertz CT molecular complexity index is 619. The molecule has 2 rings (SSSR count). The van der Waals surface area contributed by atoms with E-state index in [1.165, 1.54) is 11.1 Å². The monoisotopic (exact) mass is 396 g/mol. The van der Waals surface area contributed by atoms with E-state index in [1.807, 2.05) is 0 Å². The van der Waals surface area contributed by atoms with Crippen LogP contribution in [0.3, 0.4) is 0 Å². The smallest absolute Gasteiger partial charge is 0.0587 e. The number of aliphatic hydroxyl groups excluding tert-OH is 1. The van der Waals surface area contributed by atoms with Gasteiger partial charge in [-0.15, -0.1) is 0 Å². The Hall–Kier alpha value is -1.68. The second kappa shape index (κ2) is 12.8. The zero-order valence-electron chi connectivity index (χ0n) is 18.7. The lowest BCUT2D eigenvalue weighted by Crippen LogP contribution is -2.50. The Balaban J connectivity index is 2.22. The van der Waals surface area contributed by atoms with Crippen LogP contribution < -0.4 is 5.32 Å². The number of nitrogens with one attached hydrogen (secondary N) is 1. The van der Waals surface area contributed by atoms with Gasteiger partial charge in [-0.1, -0.05) is 101 Å². The van der Waals surface area contributed by atoms with Gasteiger partial charge in [-0.2, -0.15) is 0 Å². The fraction of sp³-hybridized carbons (Fsp3) is 0.538. The lowest BCUT2D eigenvalue weighted by atomic mass is 9.94. The first kappa shape index (κ1) is 23.6. The molecule has 0 aromatic heterocycles. The van der Waals surface area contributed by atoms with E-state index in [2.05, 4.69) is 98.6 Å². The van der Waals surface area contributed by atoms with Crippen LogP contribution in [0.1, 0.15) is 51.7 Å². The van der Waals surface area contributed by atoms with Crippen molar-refractivity contribution < 1.29 is 5.11 Å². The molecule has 0 aliphatic rings. The first-order chi connectivity index (χ1) is 14.1. The van der Waals surface area contributed by atoms with E-state index in [-0.39, 0.29) is 12.6 Å². The summed E-state index contributed by atoms with van der Waals surface area (Å²) in [7, 11) is 0. The molecule has 0 spiro atoms. The zero-order chi connectivity index (χ0) is 21.1. The fourth-order valence-electron chi connectivity index (χ4n) is 3.89. The zero-order valence-corrected chi connectivity index (χ0v) is 18.7. The Morgan fingerprint density at radius 3 is 1.69 bits per heavy atom. The topological polar surface area (TPSA) is 35.5 Å². The second-order valence-electron chi connectivity index (χ2n) is 8.41. The van der Waals surface area contributed by atoms with Crippen molar-refractivity contribution in [3.8, 4) is 0 Å². The van der Waals surface area contributed by atoms with E-state index < -0.39 is 0 Å². The average molecular weight is 397 g/mol. The molecule has 0 heterocycles. The fourth-order valence-corrected chi connectivity index (χ4v) is 3.89. The van der Waals surface area contributed by atoms with E-state index in [9.17, 15) is 5.11 Å². The summed E-state index contributed by atoms with van der Waals surface area (Å²) >= 11 is 0. The molecule has 0 aliphatic heterocycles. The summed E-state index contributed by atoms with van der Waals surface area (Å²) in [6.07, 6.45) is 2.21. The van der Waals surface area contributed by atoms with Crippen molar-refractivity contribution in [3.63, 3.8) is 0 Å². The number of benzene rings is 2. The SMILES string of the molecule is CCC(C)C(CO)NCC(C(C)CC)N(Cc1ccccc1)Cc1ccccc1. The molecule has 160 valence electrons. The molecule has 0 fully saturated rings. The summed E-state index contributed by atoms with van der Waals surface area (Å²) in [5.41, 5.74) is 2.69. The molecule has 0 saturated heterocycles. The van der Waals surface area contributed by atoms with Crippen LogP contribution in [0.15, 0.2) is 60.7 Å². The predicted octanol–water partition coefficient (Wildman–Crippen LogP) is 5.10. The van der Waals surface area contributed by atoms with Gasteiger partial charge in [0.1, 0.15) is 0 Å². The summed E-state index contributed by atoms with van der Waals surface area (Å²) < 4.78 is 0. The molecule has 0 bridgehead atoms. The molecule has 3 heteroatoms. The van der Waals surface area contributed by atoms with E-state index in [0.29, 0.717) is 17.9 Å². The Kier molecular flexibility index (Phi) is 10.4. The van der Waals surface area contributed by atoms with Crippen LogP contribution in [0.4, 0.5) is 0 Å². The first-order valence-corrected chi connectivity index (χ1v) is 11.2. The molecule has 0 aliphatic carbocycles. The summed E-state index contributed by atoms with van der Waals surface area (Å²) in [6.45, 7) is 12.0. The number of hydrogen-bond acceptors (Lipinski definition) is 3. The standard InChI is InChI=1S/C26H40N2O/c1-5-21(3)25(20-29)27-17-26(22(4)6-2)28(18-23-13-9-7-10-14-23)19-24-15-11-8-12-16-24/h7-16,21-22,25-27,29H,5-6,17-20H2,1-4H3. The predicted molar refractivity (Wildman–Crippen MR) is 124 cm³/mol. The van der Waals surface area contributed by atoms with Crippen molar-refractivity contribution in [1.29, 1.82) is 0 Å². The molecule has 2 aromatic rings. The van der Waals surface area contributed by atoms with Crippen molar-refractivity contribution in [3.05, 3.63) is 71.8 Å². The molecule has 4 unspecified atom stereocenters. The second-order valence-corrected chi connectivity index (χ2v) is 8.41. The van der Waals surface area contributed by atoms with Gasteiger partial charge in [0, 0.05) is 31.7 Å². The van der Waals surface area contributed by atoms with Gasteiger partial charge < -0.3 is 10.4 Å². The third-order valence-electron chi connectivity index (χ3n) is 6.34. The van der Waals surface area contributed by atoms with E-state index in [4.69, 9.17) is 0 Å². The van der Waals surface area contributed by atoms with Crippen LogP contribution in [0.2, 0.25) is 0 Å². The molecule has 0 radical (unpaired) electrons. The molecule has 3 nitrogen and oxygen atoms in total. The van der Waals surface area contributed by atoms with Gasteiger partial charge in [0.25, 0.3) is 0 Å². The largest absolute Gasteiger partial charge is 0.395 e. The Labute approximate surface area is 178 Å². The highest BCUT2D eigenvalue weighted by Crippen LogP contribution is 2.21. The molecule has 29 heavy (non-hydrogen) atoms. The van der Waals surface area contributed by atoms with Gasteiger partial charge in [0.15, 0.2) is 0 Å². The quantitative estimate of drug-likeness (QED) is 0.494. The highest BCUT2D eigenvalue weighted by molar-refractivity contribution is 5.17. The van der Waals surface area contributed by atoms with Crippen LogP contribution in [0.25, 0.3) is 0 Å². The molecule has 0 amide bonds. The minimum atomic E-state index is 0.154. The van der Waals surface area contributed by atoms with Crippen molar-refractivity contribution in [2.45, 2.75) is 65.7 Å². The van der Waals surface area contributed by atoms with Gasteiger partial charge in [0.2, 0.25) is 0 Å². The van der Waals surface area contributed by atoms with Crippen LogP contribution in [-0.2, 0) is 13.1 Å². The lowest BCUT2D eigenvalue weighted by Gasteiger charge is -2.37. The summed E-state index contributed by atoms with van der Waals surface area (Å²) in [5, 5.41) is 13.6. The normalized spacial score (nSPS) is 15.8. The third kappa shape index (κ3) is 7.58. The van der Waals surface area contributed by atoms with E-state index in [1.54, 1.807) is 0 Å². The average Bonchev–Trinajstić information content (AvgIpc) is 2.77. The first-order valence-electron chi connectivity index (χ1n) is 11.2. The maximum Gasteiger partial charge on any atom is 0.0587 e. The van der Waals surface area contributed by atoms with Gasteiger partial charge in [-0.05, 0) is 23.0 Å². The Morgan fingerprint density at radius 2 is 1.28 bits per heavy atom. The van der Waals surface area contributed by atoms with Crippen LogP contribution >= 0.6 is 0 Å². The highest BCUT2D eigenvalue weighted by Gasteiger charge is 2.26.